The number of hydrogen-bond donors (Lipinski definition) is 3. The summed E-state index contributed by atoms with van der Waals surface area (Å²) in [5.41, 5.74) is 0. The average molecular weight is 203 g/mol. The van der Waals surface area contributed by atoms with Crippen molar-refractivity contribution in [3.63, 3.8) is 0 Å². The van der Waals surface area contributed by atoms with Crippen LogP contribution in [0.2, 0.25) is 0 Å². The molecule has 1 atom stereocenters. The minimum Gasteiger partial charge on any atom is -0.366 e. The van der Waals surface area contributed by atoms with Crippen molar-refractivity contribution in [1.82, 2.24) is 16.0 Å². The fourth-order valence-corrected chi connectivity index (χ4v) is 1.03. The first kappa shape index (κ1) is 12.2. The maximum atomic E-state index is 11.3. The standard InChI is InChI=1S/C8H17N3OS/c1-5(2)6(7(12)9-3)11-8(13)10-4/h5-6H,1-4H3,(H,9,12)(H2,10,11,13). The molecule has 4 nitrogen and oxygen atoms in total. The predicted molar refractivity (Wildman–Crippen MR) is 57.5 cm³/mol. The Balaban J connectivity index is 4.26. The molecule has 0 aromatic carbocycles. The molecule has 0 aromatic heterocycles. The van der Waals surface area contributed by atoms with Crippen molar-refractivity contribution in [2.24, 2.45) is 5.92 Å². The fourth-order valence-electron chi connectivity index (χ4n) is 0.904. The zero-order valence-electron chi connectivity index (χ0n) is 8.47. The molecule has 0 aliphatic rings. The molecule has 3 N–H and O–H groups in total. The lowest BCUT2D eigenvalue weighted by atomic mass is 10.0. The van der Waals surface area contributed by atoms with Crippen LogP contribution in [0, 0.1) is 5.92 Å². The number of carbonyl (C=O) groups excluding carboxylic acids is 1. The maximum absolute atomic E-state index is 11.3. The summed E-state index contributed by atoms with van der Waals surface area (Å²) in [4.78, 5) is 11.3. The van der Waals surface area contributed by atoms with E-state index in [1.54, 1.807) is 14.1 Å². The molecule has 0 saturated carbocycles. The van der Waals surface area contributed by atoms with E-state index in [0.29, 0.717) is 5.11 Å². The van der Waals surface area contributed by atoms with Crippen LogP contribution in [0.4, 0.5) is 0 Å². The molecule has 76 valence electrons. The van der Waals surface area contributed by atoms with E-state index >= 15 is 0 Å². The van der Waals surface area contributed by atoms with E-state index in [1.165, 1.54) is 0 Å². The van der Waals surface area contributed by atoms with E-state index in [1.807, 2.05) is 13.8 Å². The van der Waals surface area contributed by atoms with Gasteiger partial charge < -0.3 is 16.0 Å². The predicted octanol–water partition coefficient (Wildman–Crippen LogP) is -0.149. The highest BCUT2D eigenvalue weighted by molar-refractivity contribution is 7.80. The third-order valence-electron chi connectivity index (χ3n) is 1.71. The maximum Gasteiger partial charge on any atom is 0.242 e. The number of nitrogens with one attached hydrogen (secondary N) is 3. The molecule has 0 saturated heterocycles. The molecule has 1 unspecified atom stereocenters. The monoisotopic (exact) mass is 203 g/mol. The molecule has 13 heavy (non-hydrogen) atoms. The van der Waals surface area contributed by atoms with Gasteiger partial charge >= 0.3 is 0 Å². The molecule has 0 aromatic rings. The minimum absolute atomic E-state index is 0.0485. The summed E-state index contributed by atoms with van der Waals surface area (Å²) in [5, 5.41) is 8.77. The zero-order valence-corrected chi connectivity index (χ0v) is 9.29. The van der Waals surface area contributed by atoms with Crippen molar-refractivity contribution in [2.75, 3.05) is 14.1 Å². The Hall–Kier alpha value is -0.840. The van der Waals surface area contributed by atoms with E-state index in [0.717, 1.165) is 0 Å². The summed E-state index contributed by atoms with van der Waals surface area (Å²) < 4.78 is 0. The largest absolute Gasteiger partial charge is 0.366 e. The molecule has 1 amide bonds. The Bertz CT molecular complexity index is 194. The number of hydrogen-bond acceptors (Lipinski definition) is 2. The van der Waals surface area contributed by atoms with Gasteiger partial charge in [-0.2, -0.15) is 0 Å². The molecule has 0 rings (SSSR count). The molecule has 0 bridgehead atoms. The van der Waals surface area contributed by atoms with Crippen molar-refractivity contribution in [2.45, 2.75) is 19.9 Å². The summed E-state index contributed by atoms with van der Waals surface area (Å²) in [6.45, 7) is 3.93. The Morgan fingerprint density at radius 2 is 1.77 bits per heavy atom. The van der Waals surface area contributed by atoms with Crippen LogP contribution in [0.1, 0.15) is 13.8 Å². The van der Waals surface area contributed by atoms with E-state index in [-0.39, 0.29) is 17.9 Å². The Labute approximate surface area is 84.5 Å². The number of thiocarbonyl (C=S) groups is 1. The van der Waals surface area contributed by atoms with Gasteiger partial charge in [0.25, 0.3) is 0 Å². The van der Waals surface area contributed by atoms with E-state index in [9.17, 15) is 4.79 Å². The lowest BCUT2D eigenvalue weighted by molar-refractivity contribution is -0.123. The summed E-state index contributed by atoms with van der Waals surface area (Å²) in [6, 6.07) is -0.273. The molecular weight excluding hydrogens is 186 g/mol. The van der Waals surface area contributed by atoms with Gasteiger partial charge in [-0.25, -0.2) is 0 Å². The van der Waals surface area contributed by atoms with Crippen LogP contribution < -0.4 is 16.0 Å². The van der Waals surface area contributed by atoms with Gasteiger partial charge in [0.2, 0.25) is 5.91 Å². The minimum atomic E-state index is -0.273. The van der Waals surface area contributed by atoms with E-state index in [4.69, 9.17) is 12.2 Å². The molecule has 0 spiro atoms. The third-order valence-corrected chi connectivity index (χ3v) is 2.03. The second kappa shape index (κ2) is 5.75. The number of likely N-dealkylation sites (N-methyl/N-ethyl adjacent to an activating group) is 1. The fraction of sp³-hybridized carbons (Fsp3) is 0.750. The summed E-state index contributed by atoms with van der Waals surface area (Å²) >= 11 is 4.92. The molecule has 0 heterocycles. The summed E-state index contributed by atoms with van der Waals surface area (Å²) in [5.74, 6) is 0.152. The zero-order chi connectivity index (χ0) is 10.4. The van der Waals surface area contributed by atoms with Crippen LogP contribution in [0.25, 0.3) is 0 Å². The normalized spacial score (nSPS) is 12.1. The van der Waals surface area contributed by atoms with Gasteiger partial charge in [0.05, 0.1) is 0 Å². The number of rotatable bonds is 3. The van der Waals surface area contributed by atoms with Gasteiger partial charge in [0, 0.05) is 14.1 Å². The molecule has 0 radical (unpaired) electrons. The second-order valence-electron chi connectivity index (χ2n) is 3.06. The van der Waals surface area contributed by atoms with Crippen LogP contribution >= 0.6 is 12.2 Å². The summed E-state index contributed by atoms with van der Waals surface area (Å²) in [7, 11) is 3.33. The van der Waals surface area contributed by atoms with Crippen molar-refractivity contribution in [3.8, 4) is 0 Å². The van der Waals surface area contributed by atoms with E-state index in [2.05, 4.69) is 16.0 Å². The van der Waals surface area contributed by atoms with Crippen LogP contribution in [0.15, 0.2) is 0 Å². The topological polar surface area (TPSA) is 53.2 Å². The SMILES string of the molecule is CNC(=O)C(NC(=S)NC)C(C)C. The van der Waals surface area contributed by atoms with Gasteiger partial charge in [0.1, 0.15) is 6.04 Å². The van der Waals surface area contributed by atoms with Crippen LogP contribution in [-0.4, -0.2) is 31.2 Å². The first-order valence-electron chi connectivity index (χ1n) is 4.22. The molecule has 0 aliphatic carbocycles. The average Bonchev–Trinajstić information content (AvgIpc) is 2.11. The van der Waals surface area contributed by atoms with Crippen molar-refractivity contribution >= 4 is 23.2 Å². The molecular formula is C8H17N3OS. The number of amides is 1. The summed E-state index contributed by atoms with van der Waals surface area (Å²) in [6.07, 6.45) is 0. The molecule has 5 heteroatoms. The van der Waals surface area contributed by atoms with Crippen molar-refractivity contribution < 1.29 is 4.79 Å². The van der Waals surface area contributed by atoms with Crippen LogP contribution in [0.5, 0.6) is 0 Å². The van der Waals surface area contributed by atoms with Gasteiger partial charge in [-0.1, -0.05) is 13.8 Å². The van der Waals surface area contributed by atoms with Gasteiger partial charge in [-0.3, -0.25) is 4.79 Å². The lowest BCUT2D eigenvalue weighted by Gasteiger charge is -2.21. The third kappa shape index (κ3) is 4.07. The Kier molecular flexibility index (Phi) is 5.37. The molecule has 0 fully saturated rings. The van der Waals surface area contributed by atoms with Gasteiger partial charge in [-0.05, 0) is 18.1 Å². The smallest absolute Gasteiger partial charge is 0.242 e. The van der Waals surface area contributed by atoms with Crippen molar-refractivity contribution in [3.05, 3.63) is 0 Å². The van der Waals surface area contributed by atoms with E-state index < -0.39 is 0 Å². The Morgan fingerprint density at radius 3 is 2.08 bits per heavy atom. The highest BCUT2D eigenvalue weighted by Crippen LogP contribution is 2.00. The van der Waals surface area contributed by atoms with Crippen LogP contribution in [0.3, 0.4) is 0 Å². The first-order valence-corrected chi connectivity index (χ1v) is 4.63. The van der Waals surface area contributed by atoms with Gasteiger partial charge in [-0.15, -0.1) is 0 Å². The molecule has 0 aliphatic heterocycles. The highest BCUT2D eigenvalue weighted by atomic mass is 32.1. The first-order chi connectivity index (χ1) is 6.02. The second-order valence-corrected chi connectivity index (χ2v) is 3.47. The van der Waals surface area contributed by atoms with Crippen LogP contribution in [-0.2, 0) is 4.79 Å². The van der Waals surface area contributed by atoms with Gasteiger partial charge in [0.15, 0.2) is 5.11 Å². The number of carbonyl (C=O) groups is 1. The lowest BCUT2D eigenvalue weighted by Crippen LogP contribution is -2.51. The van der Waals surface area contributed by atoms with Crippen molar-refractivity contribution in [1.29, 1.82) is 0 Å². The highest BCUT2D eigenvalue weighted by Gasteiger charge is 2.20. The quantitative estimate of drug-likeness (QED) is 0.558. The Morgan fingerprint density at radius 1 is 1.23 bits per heavy atom.